The summed E-state index contributed by atoms with van der Waals surface area (Å²) >= 11 is 0. The Morgan fingerprint density at radius 3 is 2.90 bits per heavy atom. The van der Waals surface area contributed by atoms with Crippen LogP contribution in [0.4, 0.5) is 0 Å². The zero-order valence-electron chi connectivity index (χ0n) is 11.6. The second kappa shape index (κ2) is 6.54. The fourth-order valence-electron chi connectivity index (χ4n) is 2.22. The number of rotatable bonds is 6. The lowest BCUT2D eigenvalue weighted by Gasteiger charge is -2.17. The van der Waals surface area contributed by atoms with Crippen LogP contribution in [0, 0.1) is 0 Å². The van der Waals surface area contributed by atoms with Gasteiger partial charge in [-0.05, 0) is 24.5 Å². The molecule has 0 bridgehead atoms. The first-order valence-electron chi connectivity index (χ1n) is 6.87. The predicted octanol–water partition coefficient (Wildman–Crippen LogP) is 0.925. The van der Waals surface area contributed by atoms with Crippen LogP contribution < -0.4 is 11.1 Å². The summed E-state index contributed by atoms with van der Waals surface area (Å²) in [7, 11) is 0. The number of aliphatic hydroxyl groups is 1. The van der Waals surface area contributed by atoms with Gasteiger partial charge in [0.1, 0.15) is 0 Å². The van der Waals surface area contributed by atoms with Crippen LogP contribution in [-0.4, -0.2) is 34.7 Å². The van der Waals surface area contributed by atoms with Gasteiger partial charge in [0.25, 0.3) is 0 Å². The van der Waals surface area contributed by atoms with Gasteiger partial charge in [0.05, 0.1) is 18.7 Å². The molecule has 0 radical (unpaired) electrons. The molecule has 5 nitrogen and oxygen atoms in total. The molecule has 0 aliphatic carbocycles. The molecule has 1 aromatic heterocycles. The zero-order chi connectivity index (χ0) is 14.5. The Morgan fingerprint density at radius 2 is 2.20 bits per heavy atom. The Bertz CT molecular complexity index is 575. The van der Waals surface area contributed by atoms with E-state index < -0.39 is 6.04 Å². The van der Waals surface area contributed by atoms with E-state index in [2.05, 4.69) is 10.3 Å². The van der Waals surface area contributed by atoms with E-state index >= 15 is 0 Å². The van der Waals surface area contributed by atoms with Crippen LogP contribution in [0.25, 0.3) is 10.9 Å². The van der Waals surface area contributed by atoms with Gasteiger partial charge in [-0.25, -0.2) is 0 Å². The van der Waals surface area contributed by atoms with Gasteiger partial charge in [-0.3, -0.25) is 4.79 Å². The SMILES string of the molecule is CCC(CO)NC(=O)[C@H](N)Cc1c[nH]c2ccccc12. The molecule has 0 spiro atoms. The van der Waals surface area contributed by atoms with Crippen LogP contribution in [0.3, 0.4) is 0 Å². The fourth-order valence-corrected chi connectivity index (χ4v) is 2.22. The minimum atomic E-state index is -0.616. The molecule has 5 N–H and O–H groups in total. The molecule has 20 heavy (non-hydrogen) atoms. The van der Waals surface area contributed by atoms with Crippen molar-refractivity contribution in [3.8, 4) is 0 Å². The summed E-state index contributed by atoms with van der Waals surface area (Å²) in [5.74, 6) is -0.226. The monoisotopic (exact) mass is 275 g/mol. The number of H-pyrrole nitrogens is 1. The molecule has 0 aliphatic heterocycles. The highest BCUT2D eigenvalue weighted by molar-refractivity contribution is 5.86. The van der Waals surface area contributed by atoms with E-state index in [9.17, 15) is 4.79 Å². The van der Waals surface area contributed by atoms with Crippen LogP contribution in [0.5, 0.6) is 0 Å². The summed E-state index contributed by atoms with van der Waals surface area (Å²) in [6.45, 7) is 1.84. The van der Waals surface area contributed by atoms with Crippen molar-refractivity contribution in [3.05, 3.63) is 36.0 Å². The molecule has 1 heterocycles. The van der Waals surface area contributed by atoms with Crippen molar-refractivity contribution in [2.45, 2.75) is 31.8 Å². The molecular weight excluding hydrogens is 254 g/mol. The predicted molar refractivity (Wildman–Crippen MR) is 79.3 cm³/mol. The molecule has 2 atom stereocenters. The molecule has 2 rings (SSSR count). The van der Waals surface area contributed by atoms with E-state index in [4.69, 9.17) is 10.8 Å². The number of aliphatic hydroxyl groups excluding tert-OH is 1. The molecule has 5 heteroatoms. The number of nitrogens with two attached hydrogens (primary N) is 1. The van der Waals surface area contributed by atoms with Gasteiger partial charge in [0.15, 0.2) is 0 Å². The van der Waals surface area contributed by atoms with Crippen molar-refractivity contribution >= 4 is 16.8 Å². The normalized spacial score (nSPS) is 14.2. The maximum atomic E-state index is 12.0. The zero-order valence-corrected chi connectivity index (χ0v) is 11.6. The highest BCUT2D eigenvalue weighted by atomic mass is 16.3. The number of carbonyl (C=O) groups excluding carboxylic acids is 1. The lowest BCUT2D eigenvalue weighted by molar-refractivity contribution is -0.123. The summed E-state index contributed by atoms with van der Waals surface area (Å²) in [6, 6.07) is 7.08. The molecular formula is C15H21N3O2. The van der Waals surface area contributed by atoms with Crippen LogP contribution in [0.2, 0.25) is 0 Å². The number of aromatic amines is 1. The largest absolute Gasteiger partial charge is 0.394 e. The smallest absolute Gasteiger partial charge is 0.237 e. The lowest BCUT2D eigenvalue weighted by Crippen LogP contribution is -2.47. The number of fused-ring (bicyclic) bond motifs is 1. The number of hydrogen-bond donors (Lipinski definition) is 4. The molecule has 1 aromatic carbocycles. The molecule has 1 amide bonds. The maximum Gasteiger partial charge on any atom is 0.237 e. The highest BCUT2D eigenvalue weighted by Crippen LogP contribution is 2.18. The minimum Gasteiger partial charge on any atom is -0.394 e. The molecule has 1 unspecified atom stereocenters. The quantitative estimate of drug-likeness (QED) is 0.632. The van der Waals surface area contributed by atoms with Crippen molar-refractivity contribution in [3.63, 3.8) is 0 Å². The lowest BCUT2D eigenvalue weighted by atomic mass is 10.0. The molecule has 2 aromatic rings. The second-order valence-electron chi connectivity index (χ2n) is 4.97. The van der Waals surface area contributed by atoms with Gasteiger partial charge >= 0.3 is 0 Å². The third kappa shape index (κ3) is 3.18. The van der Waals surface area contributed by atoms with Crippen LogP contribution in [0.15, 0.2) is 30.5 Å². The number of benzene rings is 1. The summed E-state index contributed by atoms with van der Waals surface area (Å²) in [6.07, 6.45) is 3.04. The first kappa shape index (κ1) is 14.6. The Hall–Kier alpha value is -1.85. The van der Waals surface area contributed by atoms with E-state index in [-0.39, 0.29) is 18.6 Å². The molecule has 0 saturated heterocycles. The van der Waals surface area contributed by atoms with Gasteiger partial charge in [0.2, 0.25) is 5.91 Å². The average Bonchev–Trinajstić information content (AvgIpc) is 2.87. The highest BCUT2D eigenvalue weighted by Gasteiger charge is 2.18. The van der Waals surface area contributed by atoms with Crippen molar-refractivity contribution in [2.75, 3.05) is 6.61 Å². The third-order valence-corrected chi connectivity index (χ3v) is 3.51. The van der Waals surface area contributed by atoms with Gasteiger partial charge in [0, 0.05) is 17.1 Å². The number of carbonyl (C=O) groups is 1. The molecule has 0 saturated carbocycles. The van der Waals surface area contributed by atoms with E-state index in [1.54, 1.807) is 0 Å². The van der Waals surface area contributed by atoms with Gasteiger partial charge in [-0.1, -0.05) is 25.1 Å². The third-order valence-electron chi connectivity index (χ3n) is 3.51. The number of para-hydroxylation sites is 1. The maximum absolute atomic E-state index is 12.0. The standard InChI is InChI=1S/C15H21N3O2/c1-2-11(9-19)18-15(20)13(16)7-10-8-17-14-6-4-3-5-12(10)14/h3-6,8,11,13,17,19H,2,7,9,16H2,1H3,(H,18,20)/t11?,13-/m1/s1. The van der Waals surface area contributed by atoms with Crippen molar-refractivity contribution < 1.29 is 9.90 Å². The summed E-state index contributed by atoms with van der Waals surface area (Å²) in [4.78, 5) is 15.1. The van der Waals surface area contributed by atoms with Gasteiger partial charge in [-0.2, -0.15) is 0 Å². The summed E-state index contributed by atoms with van der Waals surface area (Å²) < 4.78 is 0. The van der Waals surface area contributed by atoms with Crippen molar-refractivity contribution in [2.24, 2.45) is 5.73 Å². The number of hydrogen-bond acceptors (Lipinski definition) is 3. The molecule has 108 valence electrons. The van der Waals surface area contributed by atoms with E-state index in [0.717, 1.165) is 16.5 Å². The van der Waals surface area contributed by atoms with Crippen LogP contribution in [0.1, 0.15) is 18.9 Å². The number of nitrogens with one attached hydrogen (secondary N) is 2. The van der Waals surface area contributed by atoms with Crippen LogP contribution >= 0.6 is 0 Å². The van der Waals surface area contributed by atoms with Crippen molar-refractivity contribution in [1.29, 1.82) is 0 Å². The Balaban J connectivity index is 2.04. The van der Waals surface area contributed by atoms with Gasteiger partial charge in [-0.15, -0.1) is 0 Å². The topological polar surface area (TPSA) is 91.1 Å². The Kier molecular flexibility index (Phi) is 4.76. The molecule has 0 aliphatic rings. The first-order chi connectivity index (χ1) is 9.65. The van der Waals surface area contributed by atoms with Crippen LogP contribution in [-0.2, 0) is 11.2 Å². The van der Waals surface area contributed by atoms with E-state index in [0.29, 0.717) is 12.8 Å². The number of amides is 1. The average molecular weight is 275 g/mol. The second-order valence-corrected chi connectivity index (χ2v) is 4.97. The molecule has 0 fully saturated rings. The minimum absolute atomic E-state index is 0.0674. The Labute approximate surface area is 118 Å². The Morgan fingerprint density at radius 1 is 1.45 bits per heavy atom. The summed E-state index contributed by atoms with van der Waals surface area (Å²) in [5, 5.41) is 12.9. The van der Waals surface area contributed by atoms with Crippen molar-refractivity contribution in [1.82, 2.24) is 10.3 Å². The summed E-state index contributed by atoms with van der Waals surface area (Å²) in [5.41, 5.74) is 8.02. The fraction of sp³-hybridized carbons (Fsp3) is 0.400. The number of aromatic nitrogens is 1. The van der Waals surface area contributed by atoms with E-state index in [1.807, 2.05) is 37.4 Å². The first-order valence-corrected chi connectivity index (χ1v) is 6.87. The van der Waals surface area contributed by atoms with E-state index in [1.165, 1.54) is 0 Å². The van der Waals surface area contributed by atoms with Gasteiger partial charge < -0.3 is 21.1 Å².